The van der Waals surface area contributed by atoms with E-state index >= 15 is 0 Å². The van der Waals surface area contributed by atoms with E-state index in [0.717, 1.165) is 0 Å². The summed E-state index contributed by atoms with van der Waals surface area (Å²) in [4.78, 5) is 0. The maximum atomic E-state index is 2.33. The molecule has 40 heavy (non-hydrogen) atoms. The quantitative estimate of drug-likeness (QED) is 0.194. The van der Waals surface area contributed by atoms with Gasteiger partial charge in [0.05, 0.1) is 0 Å². The molecule has 0 nitrogen and oxygen atoms in total. The van der Waals surface area contributed by atoms with Gasteiger partial charge in [-0.3, -0.25) is 0 Å². The van der Waals surface area contributed by atoms with E-state index in [1.807, 2.05) is 0 Å². The largest absolute Gasteiger partial charge is 0.0620 e. The average Bonchev–Trinajstić information content (AvgIpc) is 2.99. The zero-order valence-electron chi connectivity index (χ0n) is 23.4. The molecule has 0 bridgehead atoms. The molecule has 0 aliphatic heterocycles. The van der Waals surface area contributed by atoms with Crippen molar-refractivity contribution in [3.05, 3.63) is 179 Å². The van der Waals surface area contributed by atoms with Crippen LogP contribution in [0, 0.1) is 20.8 Å². The Kier molecular flexibility index (Phi) is 7.17. The summed E-state index contributed by atoms with van der Waals surface area (Å²) in [6, 6.07) is 53.2. The van der Waals surface area contributed by atoms with Gasteiger partial charge >= 0.3 is 0 Å². The third-order valence-corrected chi connectivity index (χ3v) is 8.12. The van der Waals surface area contributed by atoms with Crippen molar-refractivity contribution in [3.63, 3.8) is 0 Å². The first kappa shape index (κ1) is 25.6. The van der Waals surface area contributed by atoms with Crippen LogP contribution in [-0.2, 0) is 0 Å². The van der Waals surface area contributed by atoms with Crippen LogP contribution in [0.5, 0.6) is 0 Å². The average molecular weight is 515 g/mol. The minimum absolute atomic E-state index is 0.0300. The SMILES string of the molecule is Cc1ccccc1-c1ccccc1C(c1ccccc1-c1ccccc1C)c1ccccc1-c1ccccc1C. The fourth-order valence-corrected chi connectivity index (χ4v) is 6.11. The van der Waals surface area contributed by atoms with Crippen LogP contribution in [-0.4, -0.2) is 0 Å². The van der Waals surface area contributed by atoms with Crippen LogP contribution in [0.4, 0.5) is 0 Å². The summed E-state index contributed by atoms with van der Waals surface area (Å²) >= 11 is 0. The van der Waals surface area contributed by atoms with Gasteiger partial charge in [-0.15, -0.1) is 0 Å². The first-order chi connectivity index (χ1) is 19.6. The summed E-state index contributed by atoms with van der Waals surface area (Å²) < 4.78 is 0. The second-order valence-corrected chi connectivity index (χ2v) is 10.6. The number of aryl methyl sites for hydroxylation is 3. The molecule has 0 aliphatic carbocycles. The third kappa shape index (κ3) is 4.78. The van der Waals surface area contributed by atoms with Gasteiger partial charge in [0.2, 0.25) is 0 Å². The smallest absolute Gasteiger partial charge is 0.0358 e. The van der Waals surface area contributed by atoms with E-state index < -0.39 is 0 Å². The van der Waals surface area contributed by atoms with Crippen molar-refractivity contribution >= 4 is 0 Å². The van der Waals surface area contributed by atoms with E-state index in [9.17, 15) is 0 Å². The van der Waals surface area contributed by atoms with Crippen LogP contribution in [0.3, 0.4) is 0 Å². The molecule has 0 radical (unpaired) electrons. The number of benzene rings is 6. The molecule has 0 heteroatoms. The monoisotopic (exact) mass is 514 g/mol. The predicted molar refractivity (Wildman–Crippen MR) is 171 cm³/mol. The van der Waals surface area contributed by atoms with Gasteiger partial charge in [-0.05, 0) is 87.5 Å². The van der Waals surface area contributed by atoms with Crippen molar-refractivity contribution in [2.45, 2.75) is 26.7 Å². The fourth-order valence-electron chi connectivity index (χ4n) is 6.11. The predicted octanol–water partition coefficient (Wildman–Crippen LogP) is 10.8. The van der Waals surface area contributed by atoms with Crippen molar-refractivity contribution < 1.29 is 0 Å². The summed E-state index contributed by atoms with van der Waals surface area (Å²) in [6.45, 7) is 6.64. The maximum absolute atomic E-state index is 2.33. The van der Waals surface area contributed by atoms with Crippen molar-refractivity contribution in [3.8, 4) is 33.4 Å². The highest BCUT2D eigenvalue weighted by Gasteiger charge is 2.26. The lowest BCUT2D eigenvalue weighted by Gasteiger charge is -2.27. The molecule has 6 aromatic carbocycles. The zero-order valence-corrected chi connectivity index (χ0v) is 23.4. The number of hydrogen-bond donors (Lipinski definition) is 0. The van der Waals surface area contributed by atoms with Crippen molar-refractivity contribution in [1.82, 2.24) is 0 Å². The topological polar surface area (TPSA) is 0 Å². The Balaban J connectivity index is 1.70. The first-order valence-electron chi connectivity index (χ1n) is 14.1. The third-order valence-electron chi connectivity index (χ3n) is 8.12. The summed E-state index contributed by atoms with van der Waals surface area (Å²) in [5.41, 5.74) is 15.5. The highest BCUT2D eigenvalue weighted by atomic mass is 14.3. The zero-order chi connectivity index (χ0) is 27.5. The van der Waals surface area contributed by atoms with Gasteiger partial charge < -0.3 is 0 Å². The van der Waals surface area contributed by atoms with Gasteiger partial charge in [0.15, 0.2) is 0 Å². The Labute approximate surface area is 238 Å². The minimum Gasteiger partial charge on any atom is -0.0620 e. The Hall–Kier alpha value is -4.68. The lowest BCUT2D eigenvalue weighted by molar-refractivity contribution is 0.983. The Morgan fingerprint density at radius 2 is 0.500 bits per heavy atom. The summed E-state index contributed by atoms with van der Waals surface area (Å²) in [6.07, 6.45) is 0. The van der Waals surface area contributed by atoms with E-state index in [-0.39, 0.29) is 5.92 Å². The molecule has 0 N–H and O–H groups in total. The fraction of sp³-hybridized carbons (Fsp3) is 0.100. The van der Waals surface area contributed by atoms with Crippen LogP contribution in [0.1, 0.15) is 39.3 Å². The number of rotatable bonds is 6. The van der Waals surface area contributed by atoms with E-state index in [1.54, 1.807) is 0 Å². The lowest BCUT2D eigenvalue weighted by atomic mass is 9.75. The van der Waals surface area contributed by atoms with Crippen molar-refractivity contribution in [2.24, 2.45) is 0 Å². The van der Waals surface area contributed by atoms with Gasteiger partial charge in [-0.25, -0.2) is 0 Å². The normalized spacial score (nSPS) is 11.1. The molecule has 6 aromatic rings. The molecule has 0 spiro atoms. The molecular weight excluding hydrogens is 480 g/mol. The second-order valence-electron chi connectivity index (χ2n) is 10.6. The molecule has 0 aliphatic rings. The Morgan fingerprint density at radius 1 is 0.275 bits per heavy atom. The minimum atomic E-state index is 0.0300. The van der Waals surface area contributed by atoms with Crippen molar-refractivity contribution in [1.29, 1.82) is 0 Å². The highest BCUT2D eigenvalue weighted by molar-refractivity contribution is 5.80. The second kappa shape index (κ2) is 11.2. The molecule has 6 rings (SSSR count). The van der Waals surface area contributed by atoms with Gasteiger partial charge in [-0.1, -0.05) is 146 Å². The van der Waals surface area contributed by atoms with Gasteiger partial charge in [-0.2, -0.15) is 0 Å². The summed E-state index contributed by atoms with van der Waals surface area (Å²) in [5, 5.41) is 0. The highest BCUT2D eigenvalue weighted by Crippen LogP contribution is 2.45. The van der Waals surface area contributed by atoms with E-state index in [4.69, 9.17) is 0 Å². The standard InChI is InChI=1S/C40H34/c1-28-16-4-7-19-31(28)34-22-10-13-25-37(34)40(38-26-14-11-23-35(38)32-20-8-5-17-29(32)2)39-27-15-12-24-36(39)33-21-9-6-18-30(33)3/h4-27,40H,1-3H3. The van der Waals surface area contributed by atoms with Crippen LogP contribution in [0.2, 0.25) is 0 Å². The molecule has 0 saturated carbocycles. The van der Waals surface area contributed by atoms with E-state index in [2.05, 4.69) is 166 Å². The van der Waals surface area contributed by atoms with Crippen LogP contribution >= 0.6 is 0 Å². The van der Waals surface area contributed by atoms with Crippen LogP contribution in [0.25, 0.3) is 33.4 Å². The first-order valence-corrected chi connectivity index (χ1v) is 14.1. The van der Waals surface area contributed by atoms with E-state index in [0.29, 0.717) is 0 Å². The maximum Gasteiger partial charge on any atom is 0.0358 e. The molecule has 0 fully saturated rings. The van der Waals surface area contributed by atoms with Gasteiger partial charge in [0.25, 0.3) is 0 Å². The molecule has 0 heterocycles. The molecule has 0 aromatic heterocycles. The Morgan fingerprint density at radius 3 is 0.775 bits per heavy atom. The van der Waals surface area contributed by atoms with Crippen LogP contribution in [0.15, 0.2) is 146 Å². The summed E-state index contributed by atoms with van der Waals surface area (Å²) in [7, 11) is 0. The lowest BCUT2D eigenvalue weighted by Crippen LogP contribution is -2.09. The molecule has 0 atom stereocenters. The molecular formula is C40H34. The van der Waals surface area contributed by atoms with E-state index in [1.165, 1.54) is 66.8 Å². The van der Waals surface area contributed by atoms with Crippen LogP contribution < -0.4 is 0 Å². The summed E-state index contributed by atoms with van der Waals surface area (Å²) in [5.74, 6) is 0.0300. The molecule has 0 saturated heterocycles. The van der Waals surface area contributed by atoms with Gasteiger partial charge in [0.1, 0.15) is 0 Å². The molecule has 0 unspecified atom stereocenters. The Bertz CT molecular complexity index is 1580. The van der Waals surface area contributed by atoms with Gasteiger partial charge in [0, 0.05) is 5.92 Å². The number of hydrogen-bond acceptors (Lipinski definition) is 0. The molecule has 0 amide bonds. The van der Waals surface area contributed by atoms with Crippen molar-refractivity contribution in [2.75, 3.05) is 0 Å². The molecule has 194 valence electrons.